The highest BCUT2D eigenvalue weighted by atomic mass is 32.2. The van der Waals surface area contributed by atoms with Crippen molar-refractivity contribution in [2.45, 2.75) is 23.6 Å². The number of nitrogens with zero attached hydrogens (tertiary/aromatic N) is 2. The number of fused-ring (bicyclic) bond motifs is 1. The van der Waals surface area contributed by atoms with Crippen LogP contribution >= 0.6 is 0 Å². The van der Waals surface area contributed by atoms with Crippen LogP contribution in [0, 0.1) is 25.5 Å². The lowest BCUT2D eigenvalue weighted by atomic mass is 10.1. The highest BCUT2D eigenvalue weighted by molar-refractivity contribution is 7.87. The molecule has 4 aromatic carbocycles. The number of aryl methyl sites for hydroxylation is 2. The van der Waals surface area contributed by atoms with Crippen molar-refractivity contribution in [3.05, 3.63) is 175 Å². The van der Waals surface area contributed by atoms with Gasteiger partial charge in [-0.1, -0.05) is 60.7 Å². The van der Waals surface area contributed by atoms with Crippen LogP contribution in [0.2, 0.25) is 0 Å². The SMILES string of the molecule is Cc1cc(/C=C/c2ccc(F)cc2)n(OS(=O)(=O)c2cccc3c(S(=O)(=O)On4c(/C=C/c5ccc(F)cc5)cc(C)cc4=O)cccc23)c(=O)c1. The topological polar surface area (TPSA) is 131 Å². The van der Waals surface area contributed by atoms with Gasteiger partial charge in [0.05, 0.1) is 11.4 Å². The van der Waals surface area contributed by atoms with Crippen molar-refractivity contribution >= 4 is 55.3 Å². The van der Waals surface area contributed by atoms with E-state index in [0.29, 0.717) is 31.7 Å². The monoisotopic (exact) mass is 742 g/mol. The van der Waals surface area contributed by atoms with Gasteiger partial charge in [0.1, 0.15) is 21.4 Å². The van der Waals surface area contributed by atoms with Gasteiger partial charge in [-0.05, 0) is 96.8 Å². The van der Waals surface area contributed by atoms with Crippen LogP contribution in [0.1, 0.15) is 33.6 Å². The van der Waals surface area contributed by atoms with Crippen molar-refractivity contribution in [1.82, 2.24) is 9.46 Å². The van der Waals surface area contributed by atoms with Crippen LogP contribution in [-0.4, -0.2) is 26.3 Å². The molecule has 0 spiro atoms. The first kappa shape index (κ1) is 35.7. The van der Waals surface area contributed by atoms with Gasteiger partial charge in [0.2, 0.25) is 0 Å². The van der Waals surface area contributed by atoms with Crippen LogP contribution in [0.25, 0.3) is 35.1 Å². The Morgan fingerprint density at radius 2 is 0.885 bits per heavy atom. The molecule has 0 aliphatic rings. The van der Waals surface area contributed by atoms with Gasteiger partial charge in [0.15, 0.2) is 0 Å². The number of hydrogen-bond acceptors (Lipinski definition) is 8. The molecule has 0 bridgehead atoms. The van der Waals surface area contributed by atoms with E-state index < -0.39 is 52.8 Å². The molecule has 0 saturated carbocycles. The lowest BCUT2D eigenvalue weighted by Crippen LogP contribution is -2.33. The first-order valence-electron chi connectivity index (χ1n) is 15.5. The van der Waals surface area contributed by atoms with Crippen molar-refractivity contribution in [1.29, 1.82) is 0 Å². The normalized spacial score (nSPS) is 12.2. The zero-order valence-electron chi connectivity index (χ0n) is 27.4. The average Bonchev–Trinajstić information content (AvgIpc) is 3.09. The smallest absolute Gasteiger partial charge is 0.280 e. The third kappa shape index (κ3) is 7.77. The van der Waals surface area contributed by atoms with E-state index in [2.05, 4.69) is 0 Å². The molecule has 0 fully saturated rings. The predicted molar refractivity (Wildman–Crippen MR) is 193 cm³/mol. The summed E-state index contributed by atoms with van der Waals surface area (Å²) in [4.78, 5) is 25.1. The fourth-order valence-electron chi connectivity index (χ4n) is 5.30. The Hall–Kier alpha value is -6.12. The molecule has 10 nitrogen and oxygen atoms in total. The Bertz CT molecular complexity index is 2550. The molecule has 2 aromatic heterocycles. The van der Waals surface area contributed by atoms with E-state index in [9.17, 15) is 35.2 Å². The number of hydrogen-bond donors (Lipinski definition) is 0. The molecule has 0 atom stereocenters. The third-order valence-electron chi connectivity index (χ3n) is 7.68. The molecule has 0 radical (unpaired) electrons. The summed E-state index contributed by atoms with van der Waals surface area (Å²) in [5, 5.41) is -0.160. The minimum Gasteiger partial charge on any atom is -0.280 e. The van der Waals surface area contributed by atoms with E-state index in [1.807, 2.05) is 0 Å². The quantitative estimate of drug-likeness (QED) is 0.166. The molecular weight excluding hydrogens is 715 g/mol. The molecule has 264 valence electrons. The van der Waals surface area contributed by atoms with E-state index in [1.165, 1.54) is 121 Å². The number of halogens is 2. The summed E-state index contributed by atoms with van der Waals surface area (Å²) >= 11 is 0. The van der Waals surface area contributed by atoms with Crippen molar-refractivity contribution in [2.24, 2.45) is 0 Å². The predicted octanol–water partition coefficient (Wildman–Crippen LogP) is 6.03. The molecule has 0 saturated heterocycles. The van der Waals surface area contributed by atoms with E-state index >= 15 is 0 Å². The van der Waals surface area contributed by atoms with Gasteiger partial charge in [-0.3, -0.25) is 18.2 Å². The fraction of sp³-hybridized carbons (Fsp3) is 0.0526. The summed E-state index contributed by atoms with van der Waals surface area (Å²) in [6.45, 7) is 3.28. The first-order chi connectivity index (χ1) is 24.7. The molecule has 2 heterocycles. The summed E-state index contributed by atoms with van der Waals surface area (Å²) in [5.74, 6) is -0.887. The van der Waals surface area contributed by atoms with Gasteiger partial charge in [-0.15, -0.1) is 9.46 Å². The second-order valence-electron chi connectivity index (χ2n) is 11.6. The Balaban J connectivity index is 1.37. The molecule has 6 rings (SSSR count). The molecule has 0 amide bonds. The average molecular weight is 743 g/mol. The molecule has 0 unspecified atom stereocenters. The maximum absolute atomic E-state index is 13.8. The number of pyridine rings is 2. The van der Waals surface area contributed by atoms with Gasteiger partial charge in [-0.2, -0.15) is 16.8 Å². The van der Waals surface area contributed by atoms with Crippen LogP contribution in [0.4, 0.5) is 8.78 Å². The standard InChI is InChI=1S/C38H28F2N2O8S2/c1-25-21-31(19-13-27-9-15-29(39)16-10-27)41(37(43)23-25)49-51(45,46)35-7-3-6-34-33(35)5-4-8-36(34)52(47,48)50-42-32(22-26(2)24-38(42)44)20-14-28-11-17-30(40)18-12-28/h3-24H,1-2H3/b19-13+,20-14+. The zero-order chi connectivity index (χ0) is 37.2. The summed E-state index contributed by atoms with van der Waals surface area (Å²) in [5.41, 5.74) is 0.687. The maximum atomic E-state index is 13.8. The van der Waals surface area contributed by atoms with Crippen LogP contribution < -0.4 is 19.7 Å². The maximum Gasteiger partial charge on any atom is 0.357 e. The van der Waals surface area contributed by atoms with E-state index in [0.717, 1.165) is 0 Å². The summed E-state index contributed by atoms with van der Waals surface area (Å²) < 4.78 is 93.8. The van der Waals surface area contributed by atoms with Crippen molar-refractivity contribution in [2.75, 3.05) is 0 Å². The first-order valence-corrected chi connectivity index (χ1v) is 18.3. The number of rotatable bonds is 10. The number of aromatic nitrogens is 2. The second kappa shape index (κ2) is 14.2. The molecular formula is C38H28F2N2O8S2. The van der Waals surface area contributed by atoms with Crippen molar-refractivity contribution in [3.63, 3.8) is 0 Å². The Morgan fingerprint density at radius 1 is 0.519 bits per heavy atom. The highest BCUT2D eigenvalue weighted by Crippen LogP contribution is 2.29. The summed E-state index contributed by atoms with van der Waals surface area (Å²) in [6, 6.07) is 24.0. The van der Waals surface area contributed by atoms with Gasteiger partial charge >= 0.3 is 20.2 Å². The molecule has 14 heteroatoms. The molecule has 0 aliphatic carbocycles. The van der Waals surface area contributed by atoms with Crippen LogP contribution in [-0.2, 0) is 20.2 Å². The van der Waals surface area contributed by atoms with Crippen molar-refractivity contribution < 1.29 is 34.2 Å². The van der Waals surface area contributed by atoms with Crippen molar-refractivity contribution in [3.8, 4) is 0 Å². The van der Waals surface area contributed by atoms with Gasteiger partial charge < -0.3 is 0 Å². The Kier molecular flexibility index (Phi) is 9.78. The number of benzene rings is 4. The largest absolute Gasteiger partial charge is 0.357 e. The zero-order valence-corrected chi connectivity index (χ0v) is 29.1. The summed E-state index contributed by atoms with van der Waals surface area (Å²) in [6.07, 6.45) is 5.94. The molecule has 0 N–H and O–H groups in total. The van der Waals surface area contributed by atoms with Crippen LogP contribution in [0.15, 0.2) is 129 Å². The molecule has 0 aliphatic heterocycles. The molecule has 52 heavy (non-hydrogen) atoms. The summed E-state index contributed by atoms with van der Waals surface area (Å²) in [7, 11) is -9.61. The second-order valence-corrected chi connectivity index (χ2v) is 14.6. The Labute approximate surface area is 296 Å². The highest BCUT2D eigenvalue weighted by Gasteiger charge is 2.27. The van der Waals surface area contributed by atoms with Gasteiger partial charge in [0, 0.05) is 22.9 Å². The van der Waals surface area contributed by atoms with Crippen LogP contribution in [0.5, 0.6) is 0 Å². The lowest BCUT2D eigenvalue weighted by molar-refractivity contribution is 0.264. The fourth-order valence-corrected chi connectivity index (χ4v) is 7.55. The van der Waals surface area contributed by atoms with E-state index in [1.54, 1.807) is 26.0 Å². The Morgan fingerprint density at radius 3 is 1.25 bits per heavy atom. The van der Waals surface area contributed by atoms with Crippen LogP contribution in [0.3, 0.4) is 0 Å². The minimum atomic E-state index is -4.81. The minimum absolute atomic E-state index is 0.0580. The van der Waals surface area contributed by atoms with Gasteiger partial charge in [-0.25, -0.2) is 8.78 Å². The molecule has 6 aromatic rings. The van der Waals surface area contributed by atoms with E-state index in [4.69, 9.17) is 8.57 Å². The lowest BCUT2D eigenvalue weighted by Gasteiger charge is -2.15. The van der Waals surface area contributed by atoms with Gasteiger partial charge in [0.25, 0.3) is 11.1 Å². The van der Waals surface area contributed by atoms with E-state index in [-0.39, 0.29) is 22.2 Å². The third-order valence-corrected chi connectivity index (χ3v) is 10.2.